The van der Waals surface area contributed by atoms with Crippen LogP contribution in [0, 0.1) is 5.92 Å². The summed E-state index contributed by atoms with van der Waals surface area (Å²) in [4.78, 5) is 5.25. The van der Waals surface area contributed by atoms with E-state index in [9.17, 15) is 0 Å². The van der Waals surface area contributed by atoms with Gasteiger partial charge in [0.2, 0.25) is 0 Å². The van der Waals surface area contributed by atoms with Crippen molar-refractivity contribution in [1.29, 1.82) is 0 Å². The first-order valence-electron chi connectivity index (χ1n) is 6.96. The molecule has 3 heteroatoms. The lowest BCUT2D eigenvalue weighted by Crippen LogP contribution is -2.34. The van der Waals surface area contributed by atoms with Crippen LogP contribution in [-0.4, -0.2) is 61.7 Å². The Balaban J connectivity index is 1.72. The molecule has 0 spiro atoms. The number of hydrogen-bond acceptors (Lipinski definition) is 3. The van der Waals surface area contributed by atoms with E-state index in [0.717, 1.165) is 5.92 Å². The smallest absolute Gasteiger partial charge is 0.0107 e. The van der Waals surface area contributed by atoms with Gasteiger partial charge in [-0.05, 0) is 45.3 Å². The maximum atomic E-state index is 3.57. The van der Waals surface area contributed by atoms with Gasteiger partial charge in [-0.1, -0.05) is 6.92 Å². The summed E-state index contributed by atoms with van der Waals surface area (Å²) in [6, 6.07) is 0.709. The average molecular weight is 225 g/mol. The van der Waals surface area contributed by atoms with Crippen LogP contribution in [0.5, 0.6) is 0 Å². The van der Waals surface area contributed by atoms with Gasteiger partial charge in [0.05, 0.1) is 0 Å². The molecule has 0 aromatic heterocycles. The molecule has 2 unspecified atom stereocenters. The molecule has 2 fully saturated rings. The van der Waals surface area contributed by atoms with Crippen molar-refractivity contribution >= 4 is 0 Å². The van der Waals surface area contributed by atoms with Gasteiger partial charge in [0.25, 0.3) is 0 Å². The quantitative estimate of drug-likeness (QED) is 0.773. The van der Waals surface area contributed by atoms with Gasteiger partial charge >= 0.3 is 0 Å². The largest absolute Gasteiger partial charge is 0.313 e. The lowest BCUT2D eigenvalue weighted by atomic mass is 10.1. The maximum Gasteiger partial charge on any atom is 0.0107 e. The first kappa shape index (κ1) is 12.3. The molecular weight excluding hydrogens is 198 g/mol. The highest BCUT2D eigenvalue weighted by molar-refractivity contribution is 4.79. The van der Waals surface area contributed by atoms with Crippen molar-refractivity contribution in [3.05, 3.63) is 0 Å². The second-order valence-electron chi connectivity index (χ2n) is 5.49. The zero-order valence-electron chi connectivity index (χ0n) is 10.9. The number of nitrogens with zero attached hydrogens (tertiary/aromatic N) is 2. The van der Waals surface area contributed by atoms with E-state index >= 15 is 0 Å². The minimum atomic E-state index is 0.709. The van der Waals surface area contributed by atoms with E-state index in [1.807, 2.05) is 0 Å². The van der Waals surface area contributed by atoms with Crippen LogP contribution in [-0.2, 0) is 0 Å². The lowest BCUT2D eigenvalue weighted by molar-refractivity contribution is 0.238. The number of hydrogen-bond donors (Lipinski definition) is 1. The Kier molecular flexibility index (Phi) is 4.62. The molecule has 2 aliphatic rings. The Labute approximate surface area is 100 Å². The van der Waals surface area contributed by atoms with Gasteiger partial charge in [-0.25, -0.2) is 0 Å². The van der Waals surface area contributed by atoms with Crippen molar-refractivity contribution in [3.8, 4) is 0 Å². The molecule has 2 saturated heterocycles. The second kappa shape index (κ2) is 5.99. The fourth-order valence-electron chi connectivity index (χ4n) is 2.96. The predicted molar refractivity (Wildman–Crippen MR) is 68.7 cm³/mol. The molecule has 0 aromatic rings. The fraction of sp³-hybridized carbons (Fsp3) is 1.00. The third-order valence-corrected chi connectivity index (χ3v) is 4.13. The molecule has 0 bridgehead atoms. The number of rotatable bonds is 3. The SMILES string of the molecule is CCN1CCC(CN2CCNC(C)CC2)C1. The lowest BCUT2D eigenvalue weighted by Gasteiger charge is -2.23. The van der Waals surface area contributed by atoms with Crippen LogP contribution in [0.1, 0.15) is 26.7 Å². The van der Waals surface area contributed by atoms with Gasteiger partial charge in [-0.2, -0.15) is 0 Å². The van der Waals surface area contributed by atoms with Crippen molar-refractivity contribution in [2.45, 2.75) is 32.7 Å². The Hall–Kier alpha value is -0.120. The van der Waals surface area contributed by atoms with Gasteiger partial charge in [0.15, 0.2) is 0 Å². The molecular formula is C13H27N3. The summed E-state index contributed by atoms with van der Waals surface area (Å²) in [5.74, 6) is 0.924. The summed E-state index contributed by atoms with van der Waals surface area (Å²) < 4.78 is 0. The van der Waals surface area contributed by atoms with Gasteiger partial charge in [-0.3, -0.25) is 0 Å². The van der Waals surface area contributed by atoms with Crippen LogP contribution < -0.4 is 5.32 Å². The van der Waals surface area contributed by atoms with Gasteiger partial charge in [0, 0.05) is 32.2 Å². The first-order valence-corrected chi connectivity index (χ1v) is 6.96. The summed E-state index contributed by atoms with van der Waals surface area (Å²) >= 11 is 0. The maximum absolute atomic E-state index is 3.57. The van der Waals surface area contributed by atoms with Crippen molar-refractivity contribution in [2.24, 2.45) is 5.92 Å². The van der Waals surface area contributed by atoms with Crippen LogP contribution in [0.4, 0.5) is 0 Å². The summed E-state index contributed by atoms with van der Waals surface area (Å²) in [7, 11) is 0. The molecule has 2 heterocycles. The third kappa shape index (κ3) is 3.44. The molecule has 1 N–H and O–H groups in total. The number of nitrogens with one attached hydrogen (secondary N) is 1. The predicted octanol–water partition coefficient (Wildman–Crippen LogP) is 1.01. The van der Waals surface area contributed by atoms with Crippen LogP contribution >= 0.6 is 0 Å². The highest BCUT2D eigenvalue weighted by atomic mass is 15.2. The minimum Gasteiger partial charge on any atom is -0.313 e. The van der Waals surface area contributed by atoms with Gasteiger partial charge in [0.1, 0.15) is 0 Å². The Bertz CT molecular complexity index is 207. The molecule has 0 amide bonds. The van der Waals surface area contributed by atoms with Crippen molar-refractivity contribution < 1.29 is 0 Å². The van der Waals surface area contributed by atoms with E-state index in [1.165, 1.54) is 58.7 Å². The molecule has 0 radical (unpaired) electrons. The fourth-order valence-corrected chi connectivity index (χ4v) is 2.96. The standard InChI is InChI=1S/C13H27N3/c1-3-15-8-5-13(10-15)11-16-7-4-12(2)14-6-9-16/h12-14H,3-11H2,1-2H3. The van der Waals surface area contributed by atoms with Gasteiger partial charge < -0.3 is 15.1 Å². The highest BCUT2D eigenvalue weighted by Gasteiger charge is 2.24. The van der Waals surface area contributed by atoms with E-state index in [4.69, 9.17) is 0 Å². The van der Waals surface area contributed by atoms with E-state index in [2.05, 4.69) is 29.0 Å². The molecule has 0 saturated carbocycles. The van der Waals surface area contributed by atoms with Crippen molar-refractivity contribution in [1.82, 2.24) is 15.1 Å². The molecule has 0 aliphatic carbocycles. The van der Waals surface area contributed by atoms with Gasteiger partial charge in [-0.15, -0.1) is 0 Å². The summed E-state index contributed by atoms with van der Waals surface area (Å²) in [6.45, 7) is 13.5. The molecule has 0 aromatic carbocycles. The topological polar surface area (TPSA) is 18.5 Å². The summed E-state index contributed by atoms with van der Waals surface area (Å²) in [6.07, 6.45) is 2.72. The van der Waals surface area contributed by atoms with Crippen molar-refractivity contribution in [3.63, 3.8) is 0 Å². The highest BCUT2D eigenvalue weighted by Crippen LogP contribution is 2.17. The Morgan fingerprint density at radius 2 is 1.94 bits per heavy atom. The van der Waals surface area contributed by atoms with Crippen LogP contribution in [0.15, 0.2) is 0 Å². The average Bonchev–Trinajstić information content (AvgIpc) is 2.63. The first-order chi connectivity index (χ1) is 7.78. The van der Waals surface area contributed by atoms with Crippen LogP contribution in [0.2, 0.25) is 0 Å². The zero-order chi connectivity index (χ0) is 11.4. The molecule has 2 rings (SSSR count). The summed E-state index contributed by atoms with van der Waals surface area (Å²) in [5.41, 5.74) is 0. The van der Waals surface area contributed by atoms with Crippen LogP contribution in [0.3, 0.4) is 0 Å². The van der Waals surface area contributed by atoms with Crippen molar-refractivity contribution in [2.75, 3.05) is 45.8 Å². The Morgan fingerprint density at radius 1 is 1.12 bits per heavy atom. The normalized spacial score (nSPS) is 34.1. The van der Waals surface area contributed by atoms with E-state index in [1.54, 1.807) is 0 Å². The Morgan fingerprint density at radius 3 is 2.69 bits per heavy atom. The third-order valence-electron chi connectivity index (χ3n) is 4.13. The molecule has 2 aliphatic heterocycles. The zero-order valence-corrected chi connectivity index (χ0v) is 10.9. The van der Waals surface area contributed by atoms with Crippen LogP contribution in [0.25, 0.3) is 0 Å². The van der Waals surface area contributed by atoms with E-state index in [0.29, 0.717) is 6.04 Å². The van der Waals surface area contributed by atoms with E-state index < -0.39 is 0 Å². The molecule has 16 heavy (non-hydrogen) atoms. The minimum absolute atomic E-state index is 0.709. The monoisotopic (exact) mass is 225 g/mol. The van der Waals surface area contributed by atoms with E-state index in [-0.39, 0.29) is 0 Å². The summed E-state index contributed by atoms with van der Waals surface area (Å²) in [5, 5.41) is 3.57. The molecule has 2 atom stereocenters. The number of likely N-dealkylation sites (tertiary alicyclic amines) is 1. The molecule has 3 nitrogen and oxygen atoms in total. The second-order valence-corrected chi connectivity index (χ2v) is 5.49. The molecule has 94 valence electrons.